The van der Waals surface area contributed by atoms with Crippen molar-refractivity contribution in [3.63, 3.8) is 0 Å². The molecule has 2 aromatic heterocycles. The molecule has 0 saturated heterocycles. The summed E-state index contributed by atoms with van der Waals surface area (Å²) in [6.45, 7) is 4.86. The van der Waals surface area contributed by atoms with Crippen molar-refractivity contribution >= 4 is 17.0 Å². The number of guanidine groups is 1. The van der Waals surface area contributed by atoms with Gasteiger partial charge in [-0.3, -0.25) is 9.98 Å². The highest BCUT2D eigenvalue weighted by Crippen LogP contribution is 2.35. The summed E-state index contributed by atoms with van der Waals surface area (Å²) in [5.41, 5.74) is 12.8. The van der Waals surface area contributed by atoms with E-state index in [2.05, 4.69) is 25.3 Å². The Bertz CT molecular complexity index is 1720. The number of benzene rings is 2. The van der Waals surface area contributed by atoms with Crippen LogP contribution in [-0.4, -0.2) is 59.2 Å². The van der Waals surface area contributed by atoms with E-state index in [1.165, 1.54) is 22.9 Å². The number of halogens is 4. The number of nitrogens with zero attached hydrogens (tertiary/aromatic N) is 2. The number of fused-ring (bicyclic) bond motifs is 1. The van der Waals surface area contributed by atoms with Crippen molar-refractivity contribution in [1.82, 2.24) is 25.2 Å². The van der Waals surface area contributed by atoms with E-state index in [-0.39, 0.29) is 41.0 Å². The molecule has 8 N–H and O–H groups in total. The summed E-state index contributed by atoms with van der Waals surface area (Å²) in [6, 6.07) is 11.1. The van der Waals surface area contributed by atoms with Crippen molar-refractivity contribution < 1.29 is 27.0 Å². The van der Waals surface area contributed by atoms with Gasteiger partial charge in [-0.05, 0) is 87.5 Å². The Labute approximate surface area is 269 Å². The minimum atomic E-state index is -5.09. The number of nitrogens with two attached hydrogens (primary N) is 2. The molecule has 3 atom stereocenters. The lowest BCUT2D eigenvalue weighted by atomic mass is 10.0. The van der Waals surface area contributed by atoms with Crippen molar-refractivity contribution in [3.8, 4) is 22.7 Å². The predicted molar refractivity (Wildman–Crippen MR) is 172 cm³/mol. The fourth-order valence-corrected chi connectivity index (χ4v) is 5.28. The fraction of sp³-hybridized carbons (Fsp3) is 0.406. The van der Waals surface area contributed by atoms with Crippen molar-refractivity contribution in [2.45, 2.75) is 64.0 Å². The van der Waals surface area contributed by atoms with Gasteiger partial charge < -0.3 is 36.6 Å². The number of aryl methyl sites for hydroxylation is 1. The molecule has 0 radical (unpaired) electrons. The fourth-order valence-electron chi connectivity index (χ4n) is 5.28. The van der Waals surface area contributed by atoms with Crippen molar-refractivity contribution in [1.29, 1.82) is 5.41 Å². The van der Waals surface area contributed by atoms with Crippen LogP contribution in [0.15, 0.2) is 53.5 Å². The molecule has 0 aliphatic rings. The number of ether oxygens (including phenoxy) is 2. The number of nitrogens with one attached hydrogen (secondary N) is 4. The maximum Gasteiger partial charge on any atom is 0.573 e. The van der Waals surface area contributed by atoms with Crippen LogP contribution in [0.25, 0.3) is 28.0 Å². The van der Waals surface area contributed by atoms with Gasteiger partial charge >= 0.3 is 12.1 Å². The molecule has 0 bridgehead atoms. The first-order valence-corrected chi connectivity index (χ1v) is 15.1. The molecular weight excluding hydrogens is 620 g/mol. The van der Waals surface area contributed by atoms with Crippen LogP contribution < -0.4 is 32.5 Å². The average Bonchev–Trinajstić information content (AvgIpc) is 3.39. The number of H-pyrrole nitrogens is 1. The average molecular weight is 661 g/mol. The molecule has 0 unspecified atom stereocenters. The number of hydrogen-bond acceptors (Lipinski definition) is 7. The molecule has 4 aromatic rings. The smallest absolute Gasteiger partial charge is 0.403 e. The highest BCUT2D eigenvalue weighted by molar-refractivity contribution is 5.83. The SMILES string of the molecule is COC[C@@H](CCN[C@@H](C)c1ccc(-n2cc3cc(-c4cc(CCC[C@H](C)N)cc(OC(F)(F)F)c4F)[nH]c3nc2=O)cc1)NC(=N)N. The Morgan fingerprint density at radius 1 is 1.15 bits per heavy atom. The number of hydrogen-bond donors (Lipinski definition) is 6. The summed E-state index contributed by atoms with van der Waals surface area (Å²) in [5, 5.41) is 14.2. The molecule has 15 heteroatoms. The minimum absolute atomic E-state index is 0.0234. The van der Waals surface area contributed by atoms with Crippen LogP contribution in [0.1, 0.15) is 50.3 Å². The van der Waals surface area contributed by atoms with Gasteiger partial charge in [0.15, 0.2) is 17.5 Å². The van der Waals surface area contributed by atoms with E-state index in [9.17, 15) is 18.0 Å². The maximum absolute atomic E-state index is 15.4. The van der Waals surface area contributed by atoms with Crippen molar-refractivity contribution in [2.75, 3.05) is 20.3 Å². The van der Waals surface area contributed by atoms with Gasteiger partial charge in [0.2, 0.25) is 0 Å². The summed E-state index contributed by atoms with van der Waals surface area (Å²) in [4.78, 5) is 20.0. The molecule has 0 amide bonds. The first kappa shape index (κ1) is 35.4. The zero-order chi connectivity index (χ0) is 34.3. The summed E-state index contributed by atoms with van der Waals surface area (Å²) in [6.07, 6.45) is -1.29. The van der Waals surface area contributed by atoms with Gasteiger partial charge in [-0.25, -0.2) is 9.18 Å². The summed E-state index contributed by atoms with van der Waals surface area (Å²) < 4.78 is 65.2. The molecule has 0 fully saturated rings. The van der Waals surface area contributed by atoms with E-state index in [0.717, 1.165) is 11.6 Å². The zero-order valence-electron chi connectivity index (χ0n) is 26.4. The largest absolute Gasteiger partial charge is 0.573 e. The van der Waals surface area contributed by atoms with Gasteiger partial charge in [0.1, 0.15) is 5.65 Å². The van der Waals surface area contributed by atoms with E-state index in [1.54, 1.807) is 19.2 Å². The van der Waals surface area contributed by atoms with E-state index < -0.39 is 23.6 Å². The van der Waals surface area contributed by atoms with Crippen LogP contribution in [0.2, 0.25) is 0 Å². The zero-order valence-corrected chi connectivity index (χ0v) is 26.4. The van der Waals surface area contributed by atoms with Crippen LogP contribution in [0.3, 0.4) is 0 Å². The number of rotatable bonds is 15. The first-order valence-electron chi connectivity index (χ1n) is 15.1. The van der Waals surface area contributed by atoms with Gasteiger partial charge in [0.05, 0.1) is 24.0 Å². The number of methoxy groups -OCH3 is 1. The molecule has 2 aromatic carbocycles. The molecule has 4 rings (SSSR count). The molecule has 2 heterocycles. The molecule has 0 aliphatic carbocycles. The van der Waals surface area contributed by atoms with Crippen LogP contribution in [-0.2, 0) is 11.2 Å². The molecule has 11 nitrogen and oxygen atoms in total. The predicted octanol–water partition coefficient (Wildman–Crippen LogP) is 4.63. The second kappa shape index (κ2) is 15.4. The van der Waals surface area contributed by atoms with Crippen molar-refractivity contribution in [3.05, 3.63) is 76.1 Å². The Morgan fingerprint density at radius 2 is 1.87 bits per heavy atom. The van der Waals surface area contributed by atoms with Crippen LogP contribution in [0.4, 0.5) is 17.6 Å². The summed E-state index contributed by atoms with van der Waals surface area (Å²) in [7, 11) is 1.58. The van der Waals surface area contributed by atoms with E-state index in [1.807, 2.05) is 26.0 Å². The third-order valence-electron chi connectivity index (χ3n) is 7.59. The molecule has 254 valence electrons. The topological polar surface area (TPSA) is 169 Å². The molecule has 47 heavy (non-hydrogen) atoms. The summed E-state index contributed by atoms with van der Waals surface area (Å²) in [5.74, 6) is -2.25. The first-order chi connectivity index (χ1) is 22.2. The number of alkyl halides is 3. The molecular formula is C32H40F4N8O3. The standard InChI is InChI=1S/C32H40F4N8O3/c1-18(37)5-4-6-20-13-25(28(33)27(14-20)47-32(34,35)36)26-15-22-16-44(31(45)43-29(22)42-26)24-9-7-21(8-10-24)19(2)40-12-11-23(17-46-3)41-30(38)39/h7-10,13-16,18-19,23,40H,4-6,11-12,17,37H2,1-3H3,(H4,38,39,41)(H,42,43,45)/t18-,19-,23+/m0/s1. The lowest BCUT2D eigenvalue weighted by Gasteiger charge is -2.20. The second-order valence-corrected chi connectivity index (χ2v) is 11.5. The minimum Gasteiger partial charge on any atom is -0.403 e. The van der Waals surface area contributed by atoms with Crippen LogP contribution in [0.5, 0.6) is 5.75 Å². The maximum atomic E-state index is 15.4. The monoisotopic (exact) mass is 660 g/mol. The normalized spacial score (nSPS) is 13.8. The van der Waals surface area contributed by atoms with Crippen molar-refractivity contribution in [2.24, 2.45) is 11.5 Å². The van der Waals surface area contributed by atoms with E-state index in [0.29, 0.717) is 55.5 Å². The lowest BCUT2D eigenvalue weighted by Crippen LogP contribution is -2.43. The molecule has 0 aliphatic heterocycles. The van der Waals surface area contributed by atoms with Crippen LogP contribution >= 0.6 is 0 Å². The second-order valence-electron chi connectivity index (χ2n) is 11.5. The van der Waals surface area contributed by atoms with Gasteiger partial charge in [-0.2, -0.15) is 4.98 Å². The molecule has 0 saturated carbocycles. The highest BCUT2D eigenvalue weighted by atomic mass is 19.4. The number of aromatic amines is 1. The molecule has 0 spiro atoms. The van der Waals surface area contributed by atoms with E-state index >= 15 is 4.39 Å². The third kappa shape index (κ3) is 9.76. The van der Waals surface area contributed by atoms with Crippen LogP contribution in [0, 0.1) is 11.2 Å². The third-order valence-corrected chi connectivity index (χ3v) is 7.59. The highest BCUT2D eigenvalue weighted by Gasteiger charge is 2.33. The van der Waals surface area contributed by atoms with E-state index in [4.69, 9.17) is 21.6 Å². The summed E-state index contributed by atoms with van der Waals surface area (Å²) >= 11 is 0. The van der Waals surface area contributed by atoms with Gasteiger partial charge in [0.25, 0.3) is 0 Å². The number of aromatic nitrogens is 3. The quantitative estimate of drug-likeness (QED) is 0.0610. The Hall–Kier alpha value is -4.47. The Balaban J connectivity index is 1.56. The van der Waals surface area contributed by atoms with Gasteiger partial charge in [-0.1, -0.05) is 12.1 Å². The Morgan fingerprint density at radius 3 is 2.51 bits per heavy atom. The Kier molecular flexibility index (Phi) is 11.6. The lowest BCUT2D eigenvalue weighted by molar-refractivity contribution is -0.275. The van der Waals surface area contributed by atoms with Gasteiger partial charge in [-0.15, -0.1) is 13.2 Å². The van der Waals surface area contributed by atoms with Gasteiger partial charge in [0, 0.05) is 36.3 Å².